The van der Waals surface area contributed by atoms with Gasteiger partial charge in [0.1, 0.15) is 11.5 Å². The van der Waals surface area contributed by atoms with Crippen molar-refractivity contribution < 1.29 is 15.0 Å². The molecular formula is C21H24N2O3. The van der Waals surface area contributed by atoms with Gasteiger partial charge in [-0.2, -0.15) is 0 Å². The van der Waals surface area contributed by atoms with Crippen molar-refractivity contribution >= 4 is 17.3 Å². The summed E-state index contributed by atoms with van der Waals surface area (Å²) >= 11 is 0. The van der Waals surface area contributed by atoms with Crippen LogP contribution in [0, 0.1) is 5.92 Å². The molecule has 1 aliphatic rings. The number of nitrogens with zero attached hydrogens (tertiary/aromatic N) is 1. The Kier molecular flexibility index (Phi) is 4.89. The number of amides is 1. The van der Waals surface area contributed by atoms with Crippen LogP contribution in [-0.4, -0.2) is 22.7 Å². The van der Waals surface area contributed by atoms with Crippen molar-refractivity contribution in [1.82, 2.24) is 0 Å². The van der Waals surface area contributed by atoms with Crippen LogP contribution in [0.25, 0.3) is 0 Å². The summed E-state index contributed by atoms with van der Waals surface area (Å²) in [4.78, 5) is 14.6. The van der Waals surface area contributed by atoms with Gasteiger partial charge in [-0.25, -0.2) is 0 Å². The molecule has 0 atom stereocenters. The SMILES string of the molecule is C=C(Nc1ccc2c(c1)CCCN2C(=O)c1ccc(O)cc1O)C(C)C. The van der Waals surface area contributed by atoms with E-state index in [2.05, 4.69) is 31.8 Å². The van der Waals surface area contributed by atoms with Gasteiger partial charge in [-0.05, 0) is 54.7 Å². The van der Waals surface area contributed by atoms with Crippen LogP contribution in [0.4, 0.5) is 11.4 Å². The van der Waals surface area contributed by atoms with Crippen LogP contribution in [0.2, 0.25) is 0 Å². The van der Waals surface area contributed by atoms with E-state index in [1.165, 1.54) is 18.2 Å². The maximum atomic E-state index is 12.9. The number of carbonyl (C=O) groups is 1. The lowest BCUT2D eigenvalue weighted by Gasteiger charge is -2.30. The van der Waals surface area contributed by atoms with Gasteiger partial charge in [-0.15, -0.1) is 0 Å². The van der Waals surface area contributed by atoms with Crippen molar-refractivity contribution in [1.29, 1.82) is 0 Å². The van der Waals surface area contributed by atoms with Gasteiger partial charge in [0, 0.05) is 29.7 Å². The number of carbonyl (C=O) groups excluding carboxylic acids is 1. The second kappa shape index (κ2) is 7.12. The number of aryl methyl sites for hydroxylation is 1. The first kappa shape index (κ1) is 17.9. The van der Waals surface area contributed by atoms with E-state index in [4.69, 9.17) is 0 Å². The number of rotatable bonds is 4. The molecule has 2 aromatic rings. The molecule has 0 saturated heterocycles. The molecule has 0 unspecified atom stereocenters. The van der Waals surface area contributed by atoms with E-state index in [0.29, 0.717) is 12.5 Å². The first-order valence-corrected chi connectivity index (χ1v) is 8.79. The zero-order valence-corrected chi connectivity index (χ0v) is 15.1. The molecular weight excluding hydrogens is 328 g/mol. The predicted molar refractivity (Wildman–Crippen MR) is 104 cm³/mol. The monoisotopic (exact) mass is 352 g/mol. The Balaban J connectivity index is 1.89. The van der Waals surface area contributed by atoms with Crippen LogP contribution < -0.4 is 10.2 Å². The number of allylic oxidation sites excluding steroid dienone is 1. The number of phenols is 2. The van der Waals surface area contributed by atoms with Gasteiger partial charge >= 0.3 is 0 Å². The molecule has 0 aliphatic carbocycles. The predicted octanol–water partition coefficient (Wildman–Crippen LogP) is 4.27. The van der Waals surface area contributed by atoms with Crippen molar-refractivity contribution in [3.63, 3.8) is 0 Å². The molecule has 1 aliphatic heterocycles. The molecule has 0 bridgehead atoms. The second-order valence-electron chi connectivity index (χ2n) is 6.91. The number of fused-ring (bicyclic) bond motifs is 1. The Labute approximate surface area is 153 Å². The van der Waals surface area contributed by atoms with E-state index in [1.54, 1.807) is 4.90 Å². The van der Waals surface area contributed by atoms with Crippen LogP contribution in [0.3, 0.4) is 0 Å². The highest BCUT2D eigenvalue weighted by atomic mass is 16.3. The average Bonchev–Trinajstić information content (AvgIpc) is 2.60. The number of anilines is 2. The summed E-state index contributed by atoms with van der Waals surface area (Å²) in [5.74, 6) is -0.217. The van der Waals surface area contributed by atoms with Crippen LogP contribution in [0.1, 0.15) is 36.2 Å². The molecule has 1 heterocycles. The maximum Gasteiger partial charge on any atom is 0.262 e. The van der Waals surface area contributed by atoms with E-state index in [-0.39, 0.29) is 23.0 Å². The first-order valence-electron chi connectivity index (χ1n) is 8.79. The molecule has 0 fully saturated rings. The third-order valence-electron chi connectivity index (χ3n) is 4.66. The third-order valence-corrected chi connectivity index (χ3v) is 4.66. The molecule has 0 radical (unpaired) electrons. The quantitative estimate of drug-likeness (QED) is 0.768. The molecule has 3 rings (SSSR count). The van der Waals surface area contributed by atoms with Crippen molar-refractivity contribution in [3.05, 3.63) is 59.8 Å². The van der Waals surface area contributed by atoms with Gasteiger partial charge in [0.15, 0.2) is 0 Å². The minimum Gasteiger partial charge on any atom is -0.508 e. The van der Waals surface area contributed by atoms with Gasteiger partial charge in [0.2, 0.25) is 0 Å². The topological polar surface area (TPSA) is 72.8 Å². The van der Waals surface area contributed by atoms with Crippen molar-refractivity contribution in [2.24, 2.45) is 5.92 Å². The van der Waals surface area contributed by atoms with Gasteiger partial charge in [-0.3, -0.25) is 4.79 Å². The van der Waals surface area contributed by atoms with Gasteiger partial charge in [0.25, 0.3) is 5.91 Å². The fraction of sp³-hybridized carbons (Fsp3) is 0.286. The molecule has 1 amide bonds. The lowest BCUT2D eigenvalue weighted by molar-refractivity contribution is 0.0982. The van der Waals surface area contributed by atoms with E-state index in [1.807, 2.05) is 12.1 Å². The lowest BCUT2D eigenvalue weighted by Crippen LogP contribution is -2.35. The summed E-state index contributed by atoms with van der Waals surface area (Å²) in [7, 11) is 0. The molecule has 136 valence electrons. The standard InChI is InChI=1S/C21H24N2O3/c1-13(2)14(3)22-16-6-9-19-15(11-16)5-4-10-23(19)21(26)18-8-7-17(24)12-20(18)25/h6-9,11-13,22,24-25H,3-5,10H2,1-2H3. The summed E-state index contributed by atoms with van der Waals surface area (Å²) in [6.45, 7) is 8.80. The third kappa shape index (κ3) is 3.52. The zero-order valence-electron chi connectivity index (χ0n) is 15.1. The fourth-order valence-electron chi connectivity index (χ4n) is 3.06. The van der Waals surface area contributed by atoms with Crippen molar-refractivity contribution in [2.75, 3.05) is 16.8 Å². The van der Waals surface area contributed by atoms with Gasteiger partial charge in [0.05, 0.1) is 5.56 Å². The Hall–Kier alpha value is -2.95. The number of nitrogens with one attached hydrogen (secondary N) is 1. The largest absolute Gasteiger partial charge is 0.508 e. The Morgan fingerprint density at radius 1 is 1.19 bits per heavy atom. The van der Waals surface area contributed by atoms with E-state index in [9.17, 15) is 15.0 Å². The van der Waals surface area contributed by atoms with Crippen LogP contribution in [0.15, 0.2) is 48.7 Å². The molecule has 5 heteroatoms. The van der Waals surface area contributed by atoms with E-state index < -0.39 is 0 Å². The second-order valence-corrected chi connectivity index (χ2v) is 6.91. The smallest absolute Gasteiger partial charge is 0.262 e. The maximum absolute atomic E-state index is 12.9. The lowest BCUT2D eigenvalue weighted by atomic mass is 9.99. The molecule has 5 nitrogen and oxygen atoms in total. The number of hydrogen-bond acceptors (Lipinski definition) is 4. The fourth-order valence-corrected chi connectivity index (χ4v) is 3.06. The highest BCUT2D eigenvalue weighted by Gasteiger charge is 2.25. The molecule has 2 aromatic carbocycles. The van der Waals surface area contributed by atoms with Crippen LogP contribution in [-0.2, 0) is 6.42 Å². The van der Waals surface area contributed by atoms with Crippen LogP contribution >= 0.6 is 0 Å². The van der Waals surface area contributed by atoms with Crippen LogP contribution in [0.5, 0.6) is 11.5 Å². The number of benzene rings is 2. The first-order chi connectivity index (χ1) is 12.4. The summed E-state index contributed by atoms with van der Waals surface area (Å²) in [6, 6.07) is 9.96. The minimum atomic E-state index is -0.268. The van der Waals surface area contributed by atoms with Gasteiger partial charge < -0.3 is 20.4 Å². The molecule has 26 heavy (non-hydrogen) atoms. The van der Waals surface area contributed by atoms with Crippen molar-refractivity contribution in [2.45, 2.75) is 26.7 Å². The van der Waals surface area contributed by atoms with Gasteiger partial charge in [-0.1, -0.05) is 20.4 Å². The molecule has 0 saturated carbocycles. The molecule has 0 aromatic heterocycles. The van der Waals surface area contributed by atoms with E-state index in [0.717, 1.165) is 35.5 Å². The summed E-state index contributed by atoms with van der Waals surface area (Å²) < 4.78 is 0. The number of hydrogen-bond donors (Lipinski definition) is 3. The Bertz CT molecular complexity index is 858. The Morgan fingerprint density at radius 2 is 1.96 bits per heavy atom. The van der Waals surface area contributed by atoms with E-state index >= 15 is 0 Å². The number of aromatic hydroxyl groups is 2. The summed E-state index contributed by atoms with van der Waals surface area (Å²) in [5, 5.41) is 22.8. The highest BCUT2D eigenvalue weighted by molar-refractivity contribution is 6.08. The summed E-state index contributed by atoms with van der Waals surface area (Å²) in [6.07, 6.45) is 1.75. The Morgan fingerprint density at radius 3 is 2.65 bits per heavy atom. The molecule has 0 spiro atoms. The highest BCUT2D eigenvalue weighted by Crippen LogP contribution is 2.33. The zero-order chi connectivity index (χ0) is 18.8. The summed E-state index contributed by atoms with van der Waals surface area (Å²) in [5.41, 5.74) is 4.04. The minimum absolute atomic E-state index is 0.0702. The molecule has 3 N–H and O–H groups in total. The van der Waals surface area contributed by atoms with Crippen molar-refractivity contribution in [3.8, 4) is 11.5 Å². The number of phenolic OH excluding ortho intramolecular Hbond substituents is 2. The average molecular weight is 352 g/mol. The normalized spacial score (nSPS) is 13.4.